The number of nitrogens with one attached hydrogen (secondary N) is 1. The monoisotopic (exact) mass is 398 g/mol. The number of fused-ring (bicyclic) bond motifs is 1. The van der Waals surface area contributed by atoms with Gasteiger partial charge in [0.2, 0.25) is 5.91 Å². The van der Waals surface area contributed by atoms with E-state index in [1.165, 1.54) is 0 Å². The van der Waals surface area contributed by atoms with Crippen molar-refractivity contribution in [3.63, 3.8) is 0 Å². The van der Waals surface area contributed by atoms with Crippen molar-refractivity contribution >= 4 is 17.7 Å². The third-order valence-electron chi connectivity index (χ3n) is 5.27. The Labute approximate surface area is 175 Å². The maximum Gasteiger partial charge on any atom is 0.262 e. The zero-order chi connectivity index (χ0) is 20.9. The van der Waals surface area contributed by atoms with Crippen LogP contribution in [0.15, 0.2) is 84.9 Å². The summed E-state index contributed by atoms with van der Waals surface area (Å²) >= 11 is 0. The fraction of sp³-hybridized carbons (Fsp3) is 0.160. The third kappa shape index (κ3) is 4.01. The van der Waals surface area contributed by atoms with Crippen molar-refractivity contribution < 1.29 is 14.4 Å². The Morgan fingerprint density at radius 3 is 1.80 bits per heavy atom. The Balaban J connectivity index is 1.55. The van der Waals surface area contributed by atoms with E-state index in [0.29, 0.717) is 24.1 Å². The van der Waals surface area contributed by atoms with Crippen LogP contribution in [-0.2, 0) is 17.6 Å². The molecule has 3 amide bonds. The largest absolute Gasteiger partial charge is 0.354 e. The van der Waals surface area contributed by atoms with Gasteiger partial charge in [-0.05, 0) is 29.7 Å². The number of rotatable bonds is 7. The van der Waals surface area contributed by atoms with Crippen LogP contribution in [0.2, 0.25) is 0 Å². The molecule has 1 heterocycles. The zero-order valence-corrected chi connectivity index (χ0v) is 16.5. The summed E-state index contributed by atoms with van der Waals surface area (Å²) in [5, 5.41) is 2.91. The first kappa shape index (κ1) is 19.6. The summed E-state index contributed by atoms with van der Waals surface area (Å²) in [5.74, 6) is -1.17. The average molecular weight is 398 g/mol. The van der Waals surface area contributed by atoms with E-state index >= 15 is 0 Å². The van der Waals surface area contributed by atoms with Gasteiger partial charge in [0, 0.05) is 13.0 Å². The summed E-state index contributed by atoms with van der Waals surface area (Å²) < 4.78 is 0. The Hall–Kier alpha value is -3.73. The second-order valence-corrected chi connectivity index (χ2v) is 7.26. The molecule has 150 valence electrons. The summed E-state index contributed by atoms with van der Waals surface area (Å²) in [5.41, 5.74) is 2.69. The maximum absolute atomic E-state index is 13.1. The number of hydrogen-bond acceptors (Lipinski definition) is 3. The van der Waals surface area contributed by atoms with Gasteiger partial charge in [0.15, 0.2) is 0 Å². The highest BCUT2D eigenvalue weighted by Crippen LogP contribution is 2.26. The van der Waals surface area contributed by atoms with Crippen molar-refractivity contribution in [3.8, 4) is 0 Å². The molecule has 0 saturated carbocycles. The minimum atomic E-state index is -0.907. The molecule has 1 atom stereocenters. The highest BCUT2D eigenvalue weighted by molar-refractivity contribution is 6.22. The lowest BCUT2D eigenvalue weighted by atomic mass is 10.0. The van der Waals surface area contributed by atoms with E-state index in [4.69, 9.17) is 0 Å². The van der Waals surface area contributed by atoms with Gasteiger partial charge in [0.25, 0.3) is 11.8 Å². The number of nitrogens with zero attached hydrogens (tertiary/aromatic N) is 1. The second kappa shape index (κ2) is 8.74. The van der Waals surface area contributed by atoms with Gasteiger partial charge in [0.05, 0.1) is 11.1 Å². The van der Waals surface area contributed by atoms with Gasteiger partial charge < -0.3 is 5.32 Å². The van der Waals surface area contributed by atoms with Crippen molar-refractivity contribution in [1.82, 2.24) is 10.2 Å². The second-order valence-electron chi connectivity index (χ2n) is 7.26. The topological polar surface area (TPSA) is 66.5 Å². The lowest BCUT2D eigenvalue weighted by Gasteiger charge is -2.25. The highest BCUT2D eigenvalue weighted by atomic mass is 16.2. The molecule has 0 fully saturated rings. The highest BCUT2D eigenvalue weighted by Gasteiger charge is 2.42. The van der Waals surface area contributed by atoms with Crippen molar-refractivity contribution in [2.45, 2.75) is 18.9 Å². The third-order valence-corrected chi connectivity index (χ3v) is 5.27. The van der Waals surface area contributed by atoms with Gasteiger partial charge in [-0.15, -0.1) is 0 Å². The Bertz CT molecular complexity index is 1030. The fourth-order valence-electron chi connectivity index (χ4n) is 3.72. The summed E-state index contributed by atoms with van der Waals surface area (Å²) in [6, 6.07) is 25.1. The van der Waals surface area contributed by atoms with Gasteiger partial charge in [-0.25, -0.2) is 0 Å². The van der Waals surface area contributed by atoms with Crippen LogP contribution >= 0.6 is 0 Å². The Morgan fingerprint density at radius 2 is 1.23 bits per heavy atom. The number of carbonyl (C=O) groups excluding carboxylic acids is 3. The van der Waals surface area contributed by atoms with Crippen LogP contribution in [0.3, 0.4) is 0 Å². The van der Waals surface area contributed by atoms with E-state index in [1.54, 1.807) is 24.3 Å². The van der Waals surface area contributed by atoms with Crippen molar-refractivity contribution in [3.05, 3.63) is 107 Å². The number of imide groups is 1. The van der Waals surface area contributed by atoms with Crippen molar-refractivity contribution in [1.29, 1.82) is 0 Å². The van der Waals surface area contributed by atoms with Crippen LogP contribution in [0.4, 0.5) is 0 Å². The average Bonchev–Trinajstić information content (AvgIpc) is 3.04. The standard InChI is InChI=1S/C25H22N2O3/c28-23(26-16-15-18-9-3-1-4-10-18)22(17-19-11-5-2-6-12-19)27-24(29)20-13-7-8-14-21(20)25(27)30/h1-14,22H,15-17H2,(H,26,28)/t22-/m1/s1. The van der Waals surface area contributed by atoms with Crippen LogP contribution in [0.25, 0.3) is 0 Å². The normalized spacial score (nSPS) is 13.8. The molecule has 5 heteroatoms. The molecule has 0 unspecified atom stereocenters. The van der Waals surface area contributed by atoms with Crippen molar-refractivity contribution in [2.24, 2.45) is 0 Å². The molecule has 3 aromatic rings. The van der Waals surface area contributed by atoms with E-state index in [-0.39, 0.29) is 12.3 Å². The van der Waals surface area contributed by atoms with Gasteiger partial charge in [-0.3, -0.25) is 19.3 Å². The Kier molecular flexibility index (Phi) is 5.70. The van der Waals surface area contributed by atoms with Crippen LogP contribution in [0.5, 0.6) is 0 Å². The molecule has 5 nitrogen and oxygen atoms in total. The molecule has 1 aliphatic heterocycles. The molecular formula is C25H22N2O3. The lowest BCUT2D eigenvalue weighted by molar-refractivity contribution is -0.125. The van der Waals surface area contributed by atoms with Crippen LogP contribution in [0.1, 0.15) is 31.8 Å². The lowest BCUT2D eigenvalue weighted by Crippen LogP contribution is -2.51. The number of carbonyl (C=O) groups is 3. The molecule has 1 aliphatic rings. The smallest absolute Gasteiger partial charge is 0.262 e. The first-order valence-corrected chi connectivity index (χ1v) is 9.97. The first-order valence-electron chi connectivity index (χ1n) is 9.97. The van der Waals surface area contributed by atoms with E-state index < -0.39 is 17.9 Å². The van der Waals surface area contributed by atoms with Gasteiger partial charge in [0.1, 0.15) is 6.04 Å². The molecule has 4 rings (SSSR count). The van der Waals surface area contributed by atoms with Gasteiger partial charge in [-0.2, -0.15) is 0 Å². The molecule has 0 bridgehead atoms. The van der Waals surface area contributed by atoms with Crippen LogP contribution in [0, 0.1) is 0 Å². The van der Waals surface area contributed by atoms with Gasteiger partial charge in [-0.1, -0.05) is 72.8 Å². The molecule has 0 saturated heterocycles. The zero-order valence-electron chi connectivity index (χ0n) is 16.5. The molecule has 0 radical (unpaired) electrons. The first-order chi connectivity index (χ1) is 14.6. The maximum atomic E-state index is 13.1. The Morgan fingerprint density at radius 1 is 0.733 bits per heavy atom. The van der Waals surface area contributed by atoms with E-state index in [9.17, 15) is 14.4 Å². The summed E-state index contributed by atoms with van der Waals surface area (Å²) in [6.07, 6.45) is 0.941. The minimum Gasteiger partial charge on any atom is -0.354 e. The number of benzene rings is 3. The quantitative estimate of drug-likeness (QED) is 0.622. The predicted molar refractivity (Wildman–Crippen MR) is 114 cm³/mol. The SMILES string of the molecule is O=C(NCCc1ccccc1)[C@@H](Cc1ccccc1)N1C(=O)c2ccccc2C1=O. The molecule has 0 aromatic heterocycles. The molecular weight excluding hydrogens is 376 g/mol. The molecule has 0 aliphatic carbocycles. The van der Waals surface area contributed by atoms with Crippen LogP contribution < -0.4 is 5.32 Å². The van der Waals surface area contributed by atoms with Gasteiger partial charge >= 0.3 is 0 Å². The molecule has 3 aromatic carbocycles. The van der Waals surface area contributed by atoms with E-state index in [2.05, 4.69) is 5.32 Å². The summed E-state index contributed by atoms with van der Waals surface area (Å²) in [7, 11) is 0. The van der Waals surface area contributed by atoms with Crippen LogP contribution in [-0.4, -0.2) is 35.2 Å². The summed E-state index contributed by atoms with van der Waals surface area (Å²) in [4.78, 5) is 40.1. The summed E-state index contributed by atoms with van der Waals surface area (Å²) in [6.45, 7) is 0.428. The fourth-order valence-corrected chi connectivity index (χ4v) is 3.72. The molecule has 0 spiro atoms. The number of hydrogen-bond donors (Lipinski definition) is 1. The van der Waals surface area contributed by atoms with E-state index in [1.807, 2.05) is 60.7 Å². The number of amides is 3. The minimum absolute atomic E-state index is 0.267. The van der Waals surface area contributed by atoms with Crippen molar-refractivity contribution in [2.75, 3.05) is 6.54 Å². The van der Waals surface area contributed by atoms with E-state index in [0.717, 1.165) is 16.0 Å². The predicted octanol–water partition coefficient (Wildman–Crippen LogP) is 3.25. The molecule has 30 heavy (non-hydrogen) atoms. The molecule has 1 N–H and O–H groups in total.